The number of ether oxygens (including phenoxy) is 1. The van der Waals surface area contributed by atoms with Gasteiger partial charge in [0.05, 0.1) is 13.2 Å². The third-order valence-electron chi connectivity index (χ3n) is 6.65. The van der Waals surface area contributed by atoms with Crippen LogP contribution < -0.4 is 0 Å². The van der Waals surface area contributed by atoms with Gasteiger partial charge in [-0.25, -0.2) is 0 Å². The second-order valence-corrected chi connectivity index (χ2v) is 15.1. The van der Waals surface area contributed by atoms with Crippen LogP contribution >= 0.6 is 0 Å². The predicted octanol–water partition coefficient (Wildman–Crippen LogP) is 7.32. The van der Waals surface area contributed by atoms with E-state index in [2.05, 4.69) is 63.8 Å². The normalized spacial score (nSPS) is 19.3. The average molecular weight is 463 g/mol. The quantitative estimate of drug-likeness (QED) is 0.0892. The summed E-state index contributed by atoms with van der Waals surface area (Å²) < 4.78 is 11.4. The Kier molecular flexibility index (Phi) is 12.4. The van der Waals surface area contributed by atoms with Crippen LogP contribution in [0.5, 0.6) is 0 Å². The van der Waals surface area contributed by atoms with Crippen molar-refractivity contribution in [1.82, 2.24) is 0 Å². The summed E-state index contributed by atoms with van der Waals surface area (Å²) in [7, 11) is -0.443. The van der Waals surface area contributed by atoms with E-state index in [1.165, 1.54) is 20.0 Å². The van der Waals surface area contributed by atoms with E-state index < -0.39 is 8.32 Å². The molecule has 0 aromatic rings. The number of ketones is 1. The minimum Gasteiger partial charge on any atom is -0.469 e. The van der Waals surface area contributed by atoms with Gasteiger partial charge in [0, 0.05) is 17.9 Å². The van der Waals surface area contributed by atoms with E-state index >= 15 is 0 Å². The van der Waals surface area contributed by atoms with Crippen molar-refractivity contribution in [3.05, 3.63) is 36.0 Å². The van der Waals surface area contributed by atoms with Crippen LogP contribution in [0.15, 0.2) is 36.0 Å². The first-order chi connectivity index (χ1) is 15.0. The molecule has 0 aromatic carbocycles. The van der Waals surface area contributed by atoms with Crippen molar-refractivity contribution in [3.63, 3.8) is 0 Å². The van der Waals surface area contributed by atoms with Crippen molar-refractivity contribution in [3.8, 4) is 0 Å². The zero-order chi connectivity index (χ0) is 24.2. The zero-order valence-corrected chi connectivity index (χ0v) is 22.5. The maximum atomic E-state index is 12.4. The van der Waals surface area contributed by atoms with Crippen LogP contribution in [-0.2, 0) is 18.8 Å². The van der Waals surface area contributed by atoms with Crippen LogP contribution in [0.3, 0.4) is 0 Å². The molecule has 0 radical (unpaired) electrons. The first-order valence-electron chi connectivity index (χ1n) is 12.4. The lowest BCUT2D eigenvalue weighted by Crippen LogP contribution is -2.43. The minimum absolute atomic E-state index is 0.0364. The Morgan fingerprint density at radius 1 is 1.16 bits per heavy atom. The number of methoxy groups -OCH3 is 1. The summed E-state index contributed by atoms with van der Waals surface area (Å²) in [5, 5.41) is 0.173. The van der Waals surface area contributed by atoms with Crippen LogP contribution in [0.25, 0.3) is 0 Å². The standard InChI is InChI=1S/C27H46O4Si/c1-8-9-12-15-23(31-32(6,7)27(2,3)4)20-18-22-19-21-25(28)24(22)16-13-10-11-14-17-26(29)30-5/h16,18-23H,8-15,17H2,1-7H3. The second-order valence-electron chi connectivity index (χ2n) is 10.4. The van der Waals surface area contributed by atoms with Gasteiger partial charge in [0.1, 0.15) is 0 Å². The Morgan fingerprint density at radius 3 is 2.50 bits per heavy atom. The van der Waals surface area contributed by atoms with E-state index in [1.807, 2.05) is 6.08 Å². The lowest BCUT2D eigenvalue weighted by atomic mass is 9.98. The molecule has 0 fully saturated rings. The fourth-order valence-electron chi connectivity index (χ4n) is 3.50. The molecule has 0 spiro atoms. The van der Waals surface area contributed by atoms with Crippen LogP contribution in [0.1, 0.15) is 85.5 Å². The molecule has 0 amide bonds. The number of unbranched alkanes of at least 4 members (excludes halogenated alkanes) is 5. The maximum absolute atomic E-state index is 12.4. The van der Waals surface area contributed by atoms with Crippen LogP contribution in [-0.4, -0.2) is 33.3 Å². The van der Waals surface area contributed by atoms with E-state index in [-0.39, 0.29) is 28.8 Å². The summed E-state index contributed by atoms with van der Waals surface area (Å²) in [6.07, 6.45) is 18.9. The number of allylic oxidation sites excluding steroid dienone is 5. The fourth-order valence-corrected chi connectivity index (χ4v) is 4.81. The largest absolute Gasteiger partial charge is 0.469 e. The first-order valence-corrected chi connectivity index (χ1v) is 15.3. The highest BCUT2D eigenvalue weighted by atomic mass is 28.4. The molecular formula is C27H46O4Si. The highest BCUT2D eigenvalue weighted by Crippen LogP contribution is 2.38. The van der Waals surface area contributed by atoms with Crippen molar-refractivity contribution >= 4 is 20.1 Å². The topological polar surface area (TPSA) is 52.6 Å². The molecule has 0 aliphatic heterocycles. The van der Waals surface area contributed by atoms with E-state index in [1.54, 1.807) is 6.08 Å². The summed E-state index contributed by atoms with van der Waals surface area (Å²) in [5.74, 6) is -0.00606. The van der Waals surface area contributed by atoms with Crippen LogP contribution in [0, 0.1) is 5.92 Å². The average Bonchev–Trinajstić information content (AvgIpc) is 3.07. The monoisotopic (exact) mass is 462 g/mol. The number of carbonyl (C=O) groups excluding carboxylic acids is 2. The van der Waals surface area contributed by atoms with Gasteiger partial charge < -0.3 is 9.16 Å². The van der Waals surface area contributed by atoms with Crippen molar-refractivity contribution < 1.29 is 18.8 Å². The number of carbonyl (C=O) groups is 2. The Labute approximate surface area is 197 Å². The Bertz CT molecular complexity index is 682. The molecule has 0 saturated heterocycles. The SMILES string of the molecule is CCCCCC(C=CC1C=CC(=O)C1=CCCCCCC(=O)OC)O[Si](C)(C)C(C)(C)C. The minimum atomic E-state index is -1.86. The molecule has 1 rings (SSSR count). The molecule has 4 nitrogen and oxygen atoms in total. The molecule has 5 heteroatoms. The van der Waals surface area contributed by atoms with Gasteiger partial charge in [-0.1, -0.05) is 77.7 Å². The van der Waals surface area contributed by atoms with Gasteiger partial charge in [-0.2, -0.15) is 0 Å². The van der Waals surface area contributed by atoms with Crippen molar-refractivity contribution in [2.24, 2.45) is 5.92 Å². The van der Waals surface area contributed by atoms with E-state index in [4.69, 9.17) is 4.43 Å². The van der Waals surface area contributed by atoms with Crippen LogP contribution in [0.2, 0.25) is 18.1 Å². The molecule has 0 bridgehead atoms. The number of esters is 1. The summed E-state index contributed by atoms with van der Waals surface area (Å²) in [4.78, 5) is 23.6. The molecule has 0 saturated carbocycles. The van der Waals surface area contributed by atoms with Gasteiger partial charge in [0.25, 0.3) is 0 Å². The molecule has 32 heavy (non-hydrogen) atoms. The van der Waals surface area contributed by atoms with E-state index in [0.717, 1.165) is 44.1 Å². The fraction of sp³-hybridized carbons (Fsp3) is 0.704. The smallest absolute Gasteiger partial charge is 0.305 e. The summed E-state index contributed by atoms with van der Waals surface area (Å²) >= 11 is 0. The van der Waals surface area contributed by atoms with Gasteiger partial charge in [0.15, 0.2) is 14.1 Å². The molecule has 0 heterocycles. The van der Waals surface area contributed by atoms with Gasteiger partial charge in [-0.3, -0.25) is 9.59 Å². The number of rotatable bonds is 14. The molecule has 1 aliphatic carbocycles. The van der Waals surface area contributed by atoms with Crippen molar-refractivity contribution in [1.29, 1.82) is 0 Å². The first kappa shape index (κ1) is 28.6. The summed E-state index contributed by atoms with van der Waals surface area (Å²) in [6, 6.07) is 0. The van der Waals surface area contributed by atoms with E-state index in [9.17, 15) is 9.59 Å². The lowest BCUT2D eigenvalue weighted by Gasteiger charge is -2.38. The Balaban J connectivity index is 2.74. The molecular weight excluding hydrogens is 416 g/mol. The molecule has 2 atom stereocenters. The van der Waals surface area contributed by atoms with Gasteiger partial charge in [-0.15, -0.1) is 0 Å². The summed E-state index contributed by atoms with van der Waals surface area (Å²) in [6.45, 7) is 13.7. The van der Waals surface area contributed by atoms with Crippen molar-refractivity contribution in [2.75, 3.05) is 7.11 Å². The van der Waals surface area contributed by atoms with Crippen LogP contribution in [0.4, 0.5) is 0 Å². The maximum Gasteiger partial charge on any atom is 0.305 e. The number of hydrogen-bond donors (Lipinski definition) is 0. The van der Waals surface area contributed by atoms with E-state index in [0.29, 0.717) is 6.42 Å². The molecule has 2 unspecified atom stereocenters. The highest BCUT2D eigenvalue weighted by Gasteiger charge is 2.38. The van der Waals surface area contributed by atoms with Gasteiger partial charge in [-0.05, 0) is 49.9 Å². The molecule has 182 valence electrons. The Morgan fingerprint density at radius 2 is 1.88 bits per heavy atom. The molecule has 0 aromatic heterocycles. The molecule has 1 aliphatic rings. The Hall–Kier alpha value is -1.46. The van der Waals surface area contributed by atoms with Gasteiger partial charge in [0.2, 0.25) is 0 Å². The highest BCUT2D eigenvalue weighted by molar-refractivity contribution is 6.74. The number of hydrogen-bond acceptors (Lipinski definition) is 4. The lowest BCUT2D eigenvalue weighted by molar-refractivity contribution is -0.140. The van der Waals surface area contributed by atoms with Gasteiger partial charge >= 0.3 is 5.97 Å². The second kappa shape index (κ2) is 13.9. The zero-order valence-electron chi connectivity index (χ0n) is 21.5. The summed E-state index contributed by atoms with van der Waals surface area (Å²) in [5.41, 5.74) is 0.869. The van der Waals surface area contributed by atoms with Crippen molar-refractivity contribution in [2.45, 2.75) is 110 Å². The molecule has 0 N–H and O–H groups in total. The third kappa shape index (κ3) is 9.99. The third-order valence-corrected chi connectivity index (χ3v) is 11.2. The predicted molar refractivity (Wildman–Crippen MR) is 136 cm³/mol.